The summed E-state index contributed by atoms with van der Waals surface area (Å²) in [5.74, 6) is -0.270. The molecule has 0 spiro atoms. The third kappa shape index (κ3) is 2.78. The minimum atomic E-state index is -1.02. The first-order chi connectivity index (χ1) is 10.1. The SMILES string of the molecule is Cc1nnc(NC(=O)C2(C)CC(c3ccccc3)=NO2)s1. The molecule has 1 N–H and O–H groups in total. The van der Waals surface area contributed by atoms with Crippen LogP contribution in [0.15, 0.2) is 35.5 Å². The number of hydrogen-bond donors (Lipinski definition) is 1. The topological polar surface area (TPSA) is 76.5 Å². The number of amides is 1. The van der Waals surface area contributed by atoms with Gasteiger partial charge in [0, 0.05) is 6.42 Å². The van der Waals surface area contributed by atoms with E-state index in [1.54, 1.807) is 6.92 Å². The van der Waals surface area contributed by atoms with Crippen molar-refractivity contribution in [2.75, 3.05) is 5.32 Å². The Hall–Kier alpha value is -2.28. The summed E-state index contributed by atoms with van der Waals surface area (Å²) in [7, 11) is 0. The summed E-state index contributed by atoms with van der Waals surface area (Å²) in [4.78, 5) is 17.7. The predicted octanol–water partition coefficient (Wildman–Crippen LogP) is 2.37. The molecule has 108 valence electrons. The first-order valence-corrected chi connectivity index (χ1v) is 7.30. The van der Waals surface area contributed by atoms with E-state index in [2.05, 4.69) is 20.7 Å². The van der Waals surface area contributed by atoms with Crippen LogP contribution in [0, 0.1) is 6.92 Å². The lowest BCUT2D eigenvalue weighted by Crippen LogP contribution is -2.40. The van der Waals surface area contributed by atoms with Crippen molar-refractivity contribution in [1.29, 1.82) is 0 Å². The zero-order valence-electron chi connectivity index (χ0n) is 11.7. The summed E-state index contributed by atoms with van der Waals surface area (Å²) in [6.45, 7) is 3.55. The number of nitrogens with one attached hydrogen (secondary N) is 1. The number of oxime groups is 1. The van der Waals surface area contributed by atoms with E-state index in [0.717, 1.165) is 16.3 Å². The van der Waals surface area contributed by atoms with Crippen molar-refractivity contribution in [3.63, 3.8) is 0 Å². The molecule has 0 aliphatic carbocycles. The molecule has 1 atom stereocenters. The Labute approximate surface area is 125 Å². The standard InChI is InChI=1S/C14H14N4O2S/c1-9-16-17-13(21-9)15-12(19)14(2)8-11(18-20-14)10-6-4-3-5-7-10/h3-7H,8H2,1-2H3,(H,15,17,19). The fraction of sp³-hybridized carbons (Fsp3) is 0.286. The highest BCUT2D eigenvalue weighted by atomic mass is 32.1. The van der Waals surface area contributed by atoms with E-state index < -0.39 is 5.60 Å². The first-order valence-electron chi connectivity index (χ1n) is 6.49. The molecule has 0 fully saturated rings. The zero-order chi connectivity index (χ0) is 14.9. The van der Waals surface area contributed by atoms with Crippen LogP contribution in [-0.4, -0.2) is 27.4 Å². The van der Waals surface area contributed by atoms with Crippen molar-refractivity contribution in [1.82, 2.24) is 10.2 Å². The summed E-state index contributed by atoms with van der Waals surface area (Å²) in [5.41, 5.74) is 0.701. The molecule has 0 saturated heterocycles. The normalized spacial score (nSPS) is 20.8. The predicted molar refractivity (Wildman–Crippen MR) is 80.4 cm³/mol. The molecule has 7 heteroatoms. The van der Waals surface area contributed by atoms with Crippen LogP contribution in [0.25, 0.3) is 0 Å². The molecule has 0 saturated carbocycles. The molecule has 1 amide bonds. The van der Waals surface area contributed by atoms with Crippen molar-refractivity contribution in [2.45, 2.75) is 25.9 Å². The number of aryl methyl sites for hydroxylation is 1. The van der Waals surface area contributed by atoms with Crippen molar-refractivity contribution in [3.8, 4) is 0 Å². The minimum Gasteiger partial charge on any atom is -0.379 e. The van der Waals surface area contributed by atoms with Gasteiger partial charge in [-0.05, 0) is 19.4 Å². The average Bonchev–Trinajstić information content (AvgIpc) is 3.07. The van der Waals surface area contributed by atoms with Gasteiger partial charge < -0.3 is 4.84 Å². The molecule has 1 aromatic carbocycles. The smallest absolute Gasteiger partial charge is 0.273 e. The molecule has 2 aromatic rings. The van der Waals surface area contributed by atoms with Crippen molar-refractivity contribution in [2.24, 2.45) is 5.16 Å². The van der Waals surface area contributed by atoms with E-state index in [-0.39, 0.29) is 5.91 Å². The zero-order valence-corrected chi connectivity index (χ0v) is 12.5. The highest BCUT2D eigenvalue weighted by molar-refractivity contribution is 7.15. The molecule has 21 heavy (non-hydrogen) atoms. The lowest BCUT2D eigenvalue weighted by molar-refractivity contribution is -0.135. The van der Waals surface area contributed by atoms with E-state index in [0.29, 0.717) is 11.6 Å². The largest absolute Gasteiger partial charge is 0.379 e. The first kappa shape index (κ1) is 13.7. The van der Waals surface area contributed by atoms with Gasteiger partial charge in [-0.3, -0.25) is 10.1 Å². The van der Waals surface area contributed by atoms with Gasteiger partial charge in [0.05, 0.1) is 5.71 Å². The Morgan fingerprint density at radius 2 is 2.10 bits per heavy atom. The molecule has 2 heterocycles. The lowest BCUT2D eigenvalue weighted by atomic mass is 9.95. The van der Waals surface area contributed by atoms with Gasteiger partial charge >= 0.3 is 0 Å². The average molecular weight is 302 g/mol. The molecular formula is C14H14N4O2S. The van der Waals surface area contributed by atoms with Crippen LogP contribution in [0.1, 0.15) is 23.9 Å². The number of nitrogens with zero attached hydrogens (tertiary/aromatic N) is 3. The highest BCUT2D eigenvalue weighted by Gasteiger charge is 2.42. The number of carbonyl (C=O) groups excluding carboxylic acids is 1. The van der Waals surface area contributed by atoms with Crippen molar-refractivity contribution < 1.29 is 9.63 Å². The number of aromatic nitrogens is 2. The van der Waals surface area contributed by atoms with Gasteiger partial charge in [-0.25, -0.2) is 0 Å². The molecule has 3 rings (SSSR count). The summed E-state index contributed by atoms with van der Waals surface area (Å²) < 4.78 is 0. The van der Waals surface area contributed by atoms with Gasteiger partial charge in [0.25, 0.3) is 5.91 Å². The lowest BCUT2D eigenvalue weighted by Gasteiger charge is -2.19. The third-order valence-electron chi connectivity index (χ3n) is 3.20. The van der Waals surface area contributed by atoms with Gasteiger partial charge in [0.1, 0.15) is 5.01 Å². The fourth-order valence-electron chi connectivity index (χ4n) is 2.02. The summed E-state index contributed by atoms with van der Waals surface area (Å²) in [6.07, 6.45) is 0.417. The second-order valence-electron chi connectivity index (χ2n) is 4.98. The van der Waals surface area contributed by atoms with Crippen molar-refractivity contribution >= 4 is 28.1 Å². The van der Waals surface area contributed by atoms with E-state index >= 15 is 0 Å². The van der Waals surface area contributed by atoms with E-state index in [4.69, 9.17) is 4.84 Å². The molecule has 0 bridgehead atoms. The minimum absolute atomic E-state index is 0.270. The van der Waals surface area contributed by atoms with Crippen LogP contribution in [0.3, 0.4) is 0 Å². The number of anilines is 1. The van der Waals surface area contributed by atoms with E-state index in [9.17, 15) is 4.79 Å². The number of rotatable bonds is 3. The third-order valence-corrected chi connectivity index (χ3v) is 3.95. The Bertz CT molecular complexity index is 698. The molecule has 6 nitrogen and oxygen atoms in total. The van der Waals surface area contributed by atoms with Crippen LogP contribution in [0.5, 0.6) is 0 Å². The number of hydrogen-bond acceptors (Lipinski definition) is 6. The van der Waals surface area contributed by atoms with E-state index in [1.165, 1.54) is 11.3 Å². The Kier molecular flexibility index (Phi) is 3.42. The van der Waals surface area contributed by atoms with Gasteiger partial charge in [-0.1, -0.05) is 46.8 Å². The molecule has 0 radical (unpaired) electrons. The maximum Gasteiger partial charge on any atom is 0.273 e. The molecule has 1 aromatic heterocycles. The molecule has 1 aliphatic rings. The summed E-state index contributed by atoms with van der Waals surface area (Å²) in [5, 5.41) is 15.8. The number of benzene rings is 1. The monoisotopic (exact) mass is 302 g/mol. The Morgan fingerprint density at radius 3 is 2.76 bits per heavy atom. The fourth-order valence-corrected chi connectivity index (χ4v) is 2.61. The Morgan fingerprint density at radius 1 is 1.33 bits per heavy atom. The molecule has 1 unspecified atom stereocenters. The summed E-state index contributed by atoms with van der Waals surface area (Å²) >= 11 is 1.32. The Balaban J connectivity index is 1.71. The van der Waals surface area contributed by atoms with Crippen molar-refractivity contribution in [3.05, 3.63) is 40.9 Å². The van der Waals surface area contributed by atoms with Gasteiger partial charge in [0.15, 0.2) is 0 Å². The highest BCUT2D eigenvalue weighted by Crippen LogP contribution is 2.28. The molecular weight excluding hydrogens is 288 g/mol. The van der Waals surface area contributed by atoms with Crippen LogP contribution in [-0.2, 0) is 9.63 Å². The quantitative estimate of drug-likeness (QED) is 0.944. The van der Waals surface area contributed by atoms with Gasteiger partial charge in [-0.2, -0.15) is 0 Å². The van der Waals surface area contributed by atoms with Crippen LogP contribution in [0.4, 0.5) is 5.13 Å². The maximum atomic E-state index is 12.4. The second kappa shape index (κ2) is 5.25. The van der Waals surface area contributed by atoms with Crippen LogP contribution in [0.2, 0.25) is 0 Å². The van der Waals surface area contributed by atoms with Gasteiger partial charge in [-0.15, -0.1) is 10.2 Å². The van der Waals surface area contributed by atoms with Gasteiger partial charge in [0.2, 0.25) is 10.7 Å². The second-order valence-corrected chi connectivity index (χ2v) is 6.16. The summed E-state index contributed by atoms with van der Waals surface area (Å²) in [6, 6.07) is 9.68. The number of carbonyl (C=O) groups is 1. The van der Waals surface area contributed by atoms with Crippen LogP contribution < -0.4 is 5.32 Å². The van der Waals surface area contributed by atoms with E-state index in [1.807, 2.05) is 37.3 Å². The molecule has 1 aliphatic heterocycles. The maximum absolute atomic E-state index is 12.4. The van der Waals surface area contributed by atoms with Crippen LogP contribution >= 0.6 is 11.3 Å².